The van der Waals surface area contributed by atoms with E-state index in [1.54, 1.807) is 0 Å². The lowest BCUT2D eigenvalue weighted by Gasteiger charge is -2.30. The van der Waals surface area contributed by atoms with Gasteiger partial charge in [-0.25, -0.2) is 0 Å². The zero-order valence-corrected chi connectivity index (χ0v) is 14.2. The van der Waals surface area contributed by atoms with Crippen molar-refractivity contribution in [2.45, 2.75) is 45.1 Å². The molecule has 0 aliphatic carbocycles. The van der Waals surface area contributed by atoms with E-state index >= 15 is 0 Å². The molecule has 23 heavy (non-hydrogen) atoms. The summed E-state index contributed by atoms with van der Waals surface area (Å²) in [6.07, 6.45) is 5.34. The highest BCUT2D eigenvalue weighted by Gasteiger charge is 2.22. The molecule has 0 aromatic heterocycles. The minimum absolute atomic E-state index is 0.0995. The summed E-state index contributed by atoms with van der Waals surface area (Å²) < 4.78 is 0. The smallest absolute Gasteiger partial charge is 0.220 e. The number of carbonyl (C=O) groups excluding carboxylic acids is 1. The van der Waals surface area contributed by atoms with E-state index in [0.29, 0.717) is 6.04 Å². The molecule has 0 bridgehead atoms. The minimum atomic E-state index is -0.123. The van der Waals surface area contributed by atoms with E-state index in [1.165, 1.54) is 23.1 Å². The molecule has 1 amide bonds. The highest BCUT2D eigenvalue weighted by molar-refractivity contribution is 5.76. The second kappa shape index (κ2) is 7.45. The van der Waals surface area contributed by atoms with Crippen LogP contribution in [0.1, 0.15) is 48.9 Å². The molecule has 1 aromatic rings. The van der Waals surface area contributed by atoms with Gasteiger partial charge in [0.2, 0.25) is 5.91 Å². The number of nitrogens with two attached hydrogens (primary N) is 1. The molecule has 1 fully saturated rings. The van der Waals surface area contributed by atoms with Crippen LogP contribution in [0.15, 0.2) is 18.2 Å². The Hall–Kier alpha value is -1.39. The lowest BCUT2D eigenvalue weighted by atomic mass is 9.92. The molecule has 0 radical (unpaired) electrons. The average molecular weight is 315 g/mol. The number of fused-ring (bicyclic) bond motifs is 1. The lowest BCUT2D eigenvalue weighted by molar-refractivity contribution is -0.123. The number of hydrogen-bond donors (Lipinski definition) is 2. The molecule has 2 aliphatic rings. The topological polar surface area (TPSA) is 58.4 Å². The normalized spacial score (nSPS) is 22.7. The third kappa shape index (κ3) is 4.12. The number of amides is 1. The quantitative estimate of drug-likeness (QED) is 0.874. The Morgan fingerprint density at radius 1 is 1.35 bits per heavy atom. The summed E-state index contributed by atoms with van der Waals surface area (Å²) in [5.41, 5.74) is 9.85. The van der Waals surface area contributed by atoms with Gasteiger partial charge in [-0.05, 0) is 81.9 Å². The molecule has 0 spiro atoms. The summed E-state index contributed by atoms with van der Waals surface area (Å²) in [6.45, 7) is 6.49. The van der Waals surface area contributed by atoms with Gasteiger partial charge >= 0.3 is 0 Å². The first-order chi connectivity index (χ1) is 11.1. The summed E-state index contributed by atoms with van der Waals surface area (Å²) in [7, 11) is 0. The molecule has 1 aromatic carbocycles. The number of benzene rings is 1. The van der Waals surface area contributed by atoms with Crippen LogP contribution in [0.4, 0.5) is 0 Å². The second-order valence-corrected chi connectivity index (χ2v) is 7.08. The number of primary amides is 1. The van der Waals surface area contributed by atoms with Gasteiger partial charge in [0.1, 0.15) is 0 Å². The van der Waals surface area contributed by atoms with Crippen LogP contribution in [-0.2, 0) is 17.6 Å². The molecule has 4 nitrogen and oxygen atoms in total. The van der Waals surface area contributed by atoms with Crippen LogP contribution in [0.2, 0.25) is 0 Å². The fourth-order valence-corrected chi connectivity index (χ4v) is 3.93. The van der Waals surface area contributed by atoms with Gasteiger partial charge in [0.05, 0.1) is 0 Å². The molecular formula is C19H29N3O. The Kier molecular flexibility index (Phi) is 5.34. The summed E-state index contributed by atoms with van der Waals surface area (Å²) in [5.74, 6) is -0.0232. The summed E-state index contributed by atoms with van der Waals surface area (Å²) in [6, 6.07) is 7.49. The van der Waals surface area contributed by atoms with Crippen LogP contribution in [-0.4, -0.2) is 37.0 Å². The van der Waals surface area contributed by atoms with E-state index in [0.717, 1.165) is 51.9 Å². The standard InChI is InChI=1S/C19H29N3O/c1-14-18-5-4-15(13-17(18)6-9-21-14)3-2-10-22-11-7-16(8-12-22)19(20)23/h4-5,13-14,16,21H,2-3,6-12H2,1H3,(H2,20,23). The van der Waals surface area contributed by atoms with Gasteiger partial charge < -0.3 is 16.0 Å². The van der Waals surface area contributed by atoms with E-state index in [-0.39, 0.29) is 11.8 Å². The van der Waals surface area contributed by atoms with Crippen LogP contribution < -0.4 is 11.1 Å². The second-order valence-electron chi connectivity index (χ2n) is 7.08. The molecule has 1 saturated heterocycles. The number of rotatable bonds is 5. The third-order valence-electron chi connectivity index (χ3n) is 5.45. The van der Waals surface area contributed by atoms with Crippen LogP contribution in [0, 0.1) is 5.92 Å². The van der Waals surface area contributed by atoms with Crippen molar-refractivity contribution in [3.8, 4) is 0 Å². The Morgan fingerprint density at radius 2 is 2.13 bits per heavy atom. The first-order valence-electron chi connectivity index (χ1n) is 9.00. The molecule has 3 N–H and O–H groups in total. The van der Waals surface area contributed by atoms with Crippen molar-refractivity contribution >= 4 is 5.91 Å². The van der Waals surface area contributed by atoms with Crippen LogP contribution >= 0.6 is 0 Å². The molecule has 2 aliphatic heterocycles. The number of nitrogens with zero attached hydrogens (tertiary/aromatic N) is 1. The van der Waals surface area contributed by atoms with Crippen molar-refractivity contribution in [3.63, 3.8) is 0 Å². The van der Waals surface area contributed by atoms with Crippen molar-refractivity contribution in [1.29, 1.82) is 0 Å². The fourth-order valence-electron chi connectivity index (χ4n) is 3.93. The van der Waals surface area contributed by atoms with E-state index in [9.17, 15) is 4.79 Å². The number of aryl methyl sites for hydroxylation is 1. The Balaban J connectivity index is 1.45. The number of piperidine rings is 1. The van der Waals surface area contributed by atoms with Gasteiger partial charge in [-0.1, -0.05) is 18.2 Å². The summed E-state index contributed by atoms with van der Waals surface area (Å²) in [5, 5.41) is 3.52. The van der Waals surface area contributed by atoms with Crippen LogP contribution in [0.3, 0.4) is 0 Å². The number of hydrogen-bond acceptors (Lipinski definition) is 3. The van der Waals surface area contributed by atoms with Gasteiger partial charge in [-0.15, -0.1) is 0 Å². The largest absolute Gasteiger partial charge is 0.369 e. The van der Waals surface area contributed by atoms with Crippen molar-refractivity contribution in [1.82, 2.24) is 10.2 Å². The van der Waals surface area contributed by atoms with Crippen LogP contribution in [0.5, 0.6) is 0 Å². The number of nitrogens with one attached hydrogen (secondary N) is 1. The zero-order chi connectivity index (χ0) is 16.2. The Labute approximate surface area is 139 Å². The predicted octanol–water partition coefficient (Wildman–Crippen LogP) is 2.02. The summed E-state index contributed by atoms with van der Waals surface area (Å²) in [4.78, 5) is 13.7. The van der Waals surface area contributed by atoms with Gasteiger partial charge in [-0.3, -0.25) is 4.79 Å². The molecule has 4 heteroatoms. The molecule has 3 rings (SSSR count). The van der Waals surface area contributed by atoms with Crippen molar-refractivity contribution < 1.29 is 4.79 Å². The maximum absolute atomic E-state index is 11.2. The average Bonchev–Trinajstić information content (AvgIpc) is 2.55. The van der Waals surface area contributed by atoms with Gasteiger partial charge in [-0.2, -0.15) is 0 Å². The van der Waals surface area contributed by atoms with E-state index < -0.39 is 0 Å². The molecular weight excluding hydrogens is 286 g/mol. The van der Waals surface area contributed by atoms with Gasteiger partial charge in [0.15, 0.2) is 0 Å². The SMILES string of the molecule is CC1NCCc2cc(CCCN3CCC(C(N)=O)CC3)ccc21. The number of likely N-dealkylation sites (tertiary alicyclic amines) is 1. The first kappa shape index (κ1) is 16.5. The molecule has 1 atom stereocenters. The van der Waals surface area contributed by atoms with Gasteiger partial charge in [0.25, 0.3) is 0 Å². The molecule has 0 saturated carbocycles. The van der Waals surface area contributed by atoms with E-state index in [4.69, 9.17) is 5.73 Å². The third-order valence-corrected chi connectivity index (χ3v) is 5.45. The van der Waals surface area contributed by atoms with Crippen molar-refractivity contribution in [3.05, 3.63) is 34.9 Å². The predicted molar refractivity (Wildman–Crippen MR) is 93.2 cm³/mol. The maximum atomic E-state index is 11.2. The maximum Gasteiger partial charge on any atom is 0.220 e. The van der Waals surface area contributed by atoms with Gasteiger partial charge in [0, 0.05) is 12.0 Å². The zero-order valence-electron chi connectivity index (χ0n) is 14.2. The Bertz CT molecular complexity index is 550. The number of carbonyl (C=O) groups is 1. The highest BCUT2D eigenvalue weighted by Crippen LogP contribution is 2.24. The monoisotopic (exact) mass is 315 g/mol. The van der Waals surface area contributed by atoms with Crippen LogP contribution in [0.25, 0.3) is 0 Å². The molecule has 126 valence electrons. The van der Waals surface area contributed by atoms with Crippen molar-refractivity contribution in [2.75, 3.05) is 26.2 Å². The molecule has 1 unspecified atom stereocenters. The molecule has 2 heterocycles. The van der Waals surface area contributed by atoms with Crippen molar-refractivity contribution in [2.24, 2.45) is 11.7 Å². The minimum Gasteiger partial charge on any atom is -0.369 e. The highest BCUT2D eigenvalue weighted by atomic mass is 16.1. The first-order valence-corrected chi connectivity index (χ1v) is 9.00. The Morgan fingerprint density at radius 3 is 2.87 bits per heavy atom. The lowest BCUT2D eigenvalue weighted by Crippen LogP contribution is -2.39. The summed E-state index contributed by atoms with van der Waals surface area (Å²) >= 11 is 0. The van der Waals surface area contributed by atoms with E-state index in [1.807, 2.05) is 0 Å². The van der Waals surface area contributed by atoms with E-state index in [2.05, 4.69) is 35.3 Å². The fraction of sp³-hybridized carbons (Fsp3) is 0.632.